The lowest BCUT2D eigenvalue weighted by Gasteiger charge is -2.05. The van der Waals surface area contributed by atoms with Crippen LogP contribution < -0.4 is 0 Å². The first kappa shape index (κ1) is 13.0. The Labute approximate surface area is 88.7 Å². The van der Waals surface area contributed by atoms with Gasteiger partial charge < -0.3 is 0 Å². The Balaban J connectivity index is 0.000000791. The fourth-order valence-electron chi connectivity index (χ4n) is 1.34. The molecule has 0 atom stereocenters. The molecule has 0 fully saturated rings. The average Bonchev–Trinajstić information content (AvgIpc) is 2.18. The normalized spacial score (nSPS) is 9.86. The quantitative estimate of drug-likeness (QED) is 0.603. The fraction of sp³-hybridized carbons (Fsp3) is 0.429. The molecule has 0 aromatic heterocycles. The van der Waals surface area contributed by atoms with Crippen molar-refractivity contribution in [1.82, 2.24) is 0 Å². The highest BCUT2D eigenvalue weighted by molar-refractivity contribution is 5.55. The Kier molecular flexibility index (Phi) is 5.94. The summed E-state index contributed by atoms with van der Waals surface area (Å²) in [6, 6.07) is 4.48. The van der Waals surface area contributed by atoms with E-state index in [4.69, 9.17) is 0 Å². The highest BCUT2D eigenvalue weighted by Gasteiger charge is 1.97. The minimum Gasteiger partial charge on any atom is -0.0871 e. The second-order valence-corrected chi connectivity index (χ2v) is 3.29. The van der Waals surface area contributed by atoms with Crippen LogP contribution in [-0.4, -0.2) is 0 Å². The van der Waals surface area contributed by atoms with E-state index in [1.54, 1.807) is 0 Å². The van der Waals surface area contributed by atoms with Gasteiger partial charge in [0.05, 0.1) is 0 Å². The van der Waals surface area contributed by atoms with Gasteiger partial charge in [0.15, 0.2) is 0 Å². The largest absolute Gasteiger partial charge is 0.0871 e. The molecule has 0 spiro atoms. The predicted octanol–water partition coefficient (Wildman–Crippen LogP) is 4.67. The maximum Gasteiger partial charge on any atom is -0.0228 e. The van der Waals surface area contributed by atoms with Crippen LogP contribution >= 0.6 is 0 Å². The first-order valence-electron chi connectivity index (χ1n) is 5.35. The summed E-state index contributed by atoms with van der Waals surface area (Å²) in [7, 11) is 0. The smallest absolute Gasteiger partial charge is 0.0228 e. The Morgan fingerprint density at radius 1 is 0.857 bits per heavy atom. The molecule has 0 amide bonds. The Bertz CT molecular complexity index is 306. The molecule has 1 aromatic carbocycles. The number of benzene rings is 1. The lowest BCUT2D eigenvalue weighted by Crippen LogP contribution is -1.86. The van der Waals surface area contributed by atoms with Crippen molar-refractivity contribution in [2.75, 3.05) is 0 Å². The van der Waals surface area contributed by atoms with E-state index in [-0.39, 0.29) is 0 Å². The van der Waals surface area contributed by atoms with Gasteiger partial charge in [0.1, 0.15) is 0 Å². The molecule has 0 nitrogen and oxygen atoms in total. The van der Waals surface area contributed by atoms with Gasteiger partial charge in [-0.15, -0.1) is 0 Å². The molecular weight excluding hydrogens is 168 g/mol. The van der Waals surface area contributed by atoms with E-state index >= 15 is 0 Å². The second kappa shape index (κ2) is 6.42. The Hall–Kier alpha value is -1.04. The summed E-state index contributed by atoms with van der Waals surface area (Å²) in [5.74, 6) is 0. The van der Waals surface area contributed by atoms with Crippen molar-refractivity contribution in [2.45, 2.75) is 41.5 Å². The Morgan fingerprint density at radius 2 is 1.36 bits per heavy atom. The van der Waals surface area contributed by atoms with Gasteiger partial charge in [-0.05, 0) is 49.9 Å². The van der Waals surface area contributed by atoms with E-state index in [2.05, 4.69) is 52.0 Å². The van der Waals surface area contributed by atoms with Crippen molar-refractivity contribution in [3.8, 4) is 0 Å². The molecule has 0 aliphatic heterocycles. The third kappa shape index (κ3) is 3.37. The molecule has 0 heterocycles. The van der Waals surface area contributed by atoms with E-state index in [0.29, 0.717) is 0 Å². The molecule has 78 valence electrons. The summed E-state index contributed by atoms with van der Waals surface area (Å²) < 4.78 is 0. The SMILES string of the molecule is C/C=C\c1cc(C)c(C)cc1C.CC. The summed E-state index contributed by atoms with van der Waals surface area (Å²) in [4.78, 5) is 0. The highest BCUT2D eigenvalue weighted by Crippen LogP contribution is 2.16. The maximum atomic E-state index is 2.24. The molecule has 0 aliphatic rings. The summed E-state index contributed by atoms with van der Waals surface area (Å²) in [6.07, 6.45) is 4.23. The zero-order chi connectivity index (χ0) is 11.1. The van der Waals surface area contributed by atoms with Crippen LogP contribution in [0.1, 0.15) is 43.0 Å². The molecule has 0 unspecified atom stereocenters. The average molecular weight is 190 g/mol. The minimum atomic E-state index is 1.33. The summed E-state index contributed by atoms with van der Waals surface area (Å²) >= 11 is 0. The van der Waals surface area contributed by atoms with Gasteiger partial charge in [-0.25, -0.2) is 0 Å². The van der Waals surface area contributed by atoms with E-state index < -0.39 is 0 Å². The van der Waals surface area contributed by atoms with Gasteiger partial charge >= 0.3 is 0 Å². The van der Waals surface area contributed by atoms with Gasteiger partial charge in [-0.2, -0.15) is 0 Å². The first-order chi connectivity index (χ1) is 6.65. The highest BCUT2D eigenvalue weighted by atomic mass is 14.0. The Morgan fingerprint density at radius 3 is 1.86 bits per heavy atom. The minimum absolute atomic E-state index is 1.33. The van der Waals surface area contributed by atoms with Crippen molar-refractivity contribution in [2.24, 2.45) is 0 Å². The van der Waals surface area contributed by atoms with Gasteiger partial charge in [-0.3, -0.25) is 0 Å². The molecule has 0 bridgehead atoms. The standard InChI is InChI=1S/C12H16.C2H6/c1-5-6-12-8-10(3)9(2)7-11(12)4;1-2/h5-8H,1-4H3;1-2H3/b6-5-;. The maximum absolute atomic E-state index is 2.24. The monoisotopic (exact) mass is 190 g/mol. The first-order valence-corrected chi connectivity index (χ1v) is 5.35. The van der Waals surface area contributed by atoms with Gasteiger partial charge in [0, 0.05) is 0 Å². The van der Waals surface area contributed by atoms with Crippen LogP contribution in [0.5, 0.6) is 0 Å². The third-order valence-electron chi connectivity index (χ3n) is 2.23. The third-order valence-corrected chi connectivity index (χ3v) is 2.23. The summed E-state index contributed by atoms with van der Waals surface area (Å²) in [6.45, 7) is 12.5. The van der Waals surface area contributed by atoms with Crippen LogP contribution in [0.2, 0.25) is 0 Å². The predicted molar refractivity (Wildman–Crippen MR) is 66.7 cm³/mol. The second-order valence-electron chi connectivity index (χ2n) is 3.29. The zero-order valence-electron chi connectivity index (χ0n) is 10.3. The molecule has 0 saturated heterocycles. The van der Waals surface area contributed by atoms with Gasteiger partial charge in [0.25, 0.3) is 0 Å². The lowest BCUT2D eigenvalue weighted by molar-refractivity contribution is 1.29. The van der Waals surface area contributed by atoms with Crippen LogP contribution in [0.4, 0.5) is 0 Å². The zero-order valence-corrected chi connectivity index (χ0v) is 10.3. The van der Waals surface area contributed by atoms with Crippen LogP contribution in [0.25, 0.3) is 6.08 Å². The van der Waals surface area contributed by atoms with Crippen molar-refractivity contribution in [3.05, 3.63) is 40.5 Å². The van der Waals surface area contributed by atoms with Crippen LogP contribution in [-0.2, 0) is 0 Å². The van der Waals surface area contributed by atoms with Crippen LogP contribution in [0, 0.1) is 20.8 Å². The number of allylic oxidation sites excluding steroid dienone is 1. The number of hydrogen-bond acceptors (Lipinski definition) is 0. The molecule has 0 aliphatic carbocycles. The number of rotatable bonds is 1. The number of hydrogen-bond donors (Lipinski definition) is 0. The van der Waals surface area contributed by atoms with E-state index in [9.17, 15) is 0 Å². The molecule has 1 rings (SSSR count). The van der Waals surface area contributed by atoms with Crippen molar-refractivity contribution >= 4 is 6.08 Å². The topological polar surface area (TPSA) is 0 Å². The van der Waals surface area contributed by atoms with E-state index in [0.717, 1.165) is 0 Å². The molecule has 0 saturated carbocycles. The summed E-state index contributed by atoms with van der Waals surface area (Å²) in [5, 5.41) is 0. The van der Waals surface area contributed by atoms with Crippen LogP contribution in [0.15, 0.2) is 18.2 Å². The van der Waals surface area contributed by atoms with Crippen molar-refractivity contribution < 1.29 is 0 Å². The van der Waals surface area contributed by atoms with Crippen molar-refractivity contribution in [3.63, 3.8) is 0 Å². The van der Waals surface area contributed by atoms with Gasteiger partial charge in [-0.1, -0.05) is 38.1 Å². The molecule has 1 aromatic rings. The summed E-state index contributed by atoms with van der Waals surface area (Å²) in [5.41, 5.74) is 5.44. The van der Waals surface area contributed by atoms with Crippen LogP contribution in [0.3, 0.4) is 0 Å². The molecule has 14 heavy (non-hydrogen) atoms. The van der Waals surface area contributed by atoms with E-state index in [1.165, 1.54) is 22.3 Å². The molecular formula is C14H22. The van der Waals surface area contributed by atoms with Gasteiger partial charge in [0.2, 0.25) is 0 Å². The molecule has 0 heteroatoms. The van der Waals surface area contributed by atoms with Crippen molar-refractivity contribution in [1.29, 1.82) is 0 Å². The fourth-order valence-corrected chi connectivity index (χ4v) is 1.34. The molecule has 0 N–H and O–H groups in total. The number of aryl methyl sites for hydroxylation is 3. The molecule has 0 radical (unpaired) electrons. The lowest BCUT2D eigenvalue weighted by atomic mass is 10.0. The van der Waals surface area contributed by atoms with E-state index in [1.807, 2.05) is 13.8 Å².